The topological polar surface area (TPSA) is 86.1 Å². The minimum absolute atomic E-state index is 0.125. The Kier molecular flexibility index (Phi) is 7.35. The smallest absolute Gasteiger partial charge is 0.341 e. The van der Waals surface area contributed by atoms with Gasteiger partial charge in [0, 0.05) is 17.8 Å². The minimum atomic E-state index is -0.331. The van der Waals surface area contributed by atoms with Crippen molar-refractivity contribution in [3.05, 3.63) is 21.8 Å². The van der Waals surface area contributed by atoms with Gasteiger partial charge in [0.05, 0.1) is 17.9 Å². The van der Waals surface area contributed by atoms with Crippen molar-refractivity contribution in [2.75, 3.05) is 17.7 Å². The fourth-order valence-electron chi connectivity index (χ4n) is 8.27. The number of hydrogen-bond donors (Lipinski definition) is 1. The number of amides is 1. The summed E-state index contributed by atoms with van der Waals surface area (Å²) in [5, 5.41) is 13.6. The Balaban J connectivity index is 1.13. The van der Waals surface area contributed by atoms with Crippen molar-refractivity contribution in [3.63, 3.8) is 0 Å². The van der Waals surface area contributed by atoms with E-state index in [1.807, 2.05) is 6.92 Å². The van der Waals surface area contributed by atoms with Crippen LogP contribution in [-0.4, -0.2) is 39.0 Å². The molecule has 5 aliphatic carbocycles. The van der Waals surface area contributed by atoms with Gasteiger partial charge in [-0.3, -0.25) is 4.79 Å². The van der Waals surface area contributed by atoms with Gasteiger partial charge in [0.15, 0.2) is 5.16 Å². The lowest BCUT2D eigenvalue weighted by Crippen LogP contribution is -2.47. The van der Waals surface area contributed by atoms with Crippen molar-refractivity contribution >= 4 is 40.0 Å². The first-order valence-corrected chi connectivity index (χ1v) is 16.3. The predicted molar refractivity (Wildman–Crippen MR) is 151 cm³/mol. The molecule has 0 aliphatic heterocycles. The SMILES string of the molecule is CCOC(=O)c1c(NC(=O)CSc2nnc(CC34CC5CC(CC(C5)C3)C4)n2CC)sc2c1CCC(C)C2. The van der Waals surface area contributed by atoms with Gasteiger partial charge in [0.25, 0.3) is 0 Å². The summed E-state index contributed by atoms with van der Waals surface area (Å²) in [6.07, 6.45) is 12.3. The number of carbonyl (C=O) groups excluding carboxylic acids is 2. The lowest BCUT2D eigenvalue weighted by molar-refractivity contribution is -0.113. The van der Waals surface area contributed by atoms with Crippen molar-refractivity contribution in [3.8, 4) is 0 Å². The maximum atomic E-state index is 13.1. The third-order valence-corrected chi connectivity index (χ3v) is 11.5. The molecular formula is C29H40N4O3S2. The second-order valence-electron chi connectivity index (χ2n) is 12.4. The van der Waals surface area contributed by atoms with Crippen LogP contribution < -0.4 is 5.32 Å². The Morgan fingerprint density at radius 1 is 1.13 bits per heavy atom. The number of ether oxygens (including phenoxy) is 1. The molecule has 9 heteroatoms. The number of anilines is 1. The molecule has 5 aliphatic rings. The van der Waals surface area contributed by atoms with Gasteiger partial charge in [-0.25, -0.2) is 4.79 Å². The highest BCUT2D eigenvalue weighted by atomic mass is 32.2. The number of nitrogens with one attached hydrogen (secondary N) is 1. The van der Waals surface area contributed by atoms with Crippen LogP contribution in [0.15, 0.2) is 5.16 Å². The van der Waals surface area contributed by atoms with Crippen LogP contribution in [0.1, 0.15) is 92.3 Å². The molecular weight excluding hydrogens is 516 g/mol. The highest BCUT2D eigenvalue weighted by molar-refractivity contribution is 7.99. The lowest BCUT2D eigenvalue weighted by atomic mass is 9.49. The standard InChI is InChI=1S/C29H40N4O3S2/c1-4-33-23(15-29-12-18-9-19(13-29)11-20(10-18)14-29)31-32-28(33)37-16-24(34)30-26-25(27(35)36-5-2)21-7-6-17(3)8-22(21)38-26/h17-20H,4-16H2,1-3H3,(H,30,34). The summed E-state index contributed by atoms with van der Waals surface area (Å²) in [7, 11) is 0. The van der Waals surface area contributed by atoms with E-state index in [9.17, 15) is 9.59 Å². The number of carbonyl (C=O) groups is 2. The molecule has 0 radical (unpaired) electrons. The molecule has 7 rings (SSSR count). The van der Waals surface area contributed by atoms with E-state index in [2.05, 4.69) is 33.9 Å². The minimum Gasteiger partial charge on any atom is -0.462 e. The molecule has 1 unspecified atom stereocenters. The quantitative estimate of drug-likeness (QED) is 0.294. The van der Waals surface area contributed by atoms with Crippen LogP contribution in [-0.2, 0) is 35.3 Å². The summed E-state index contributed by atoms with van der Waals surface area (Å²) in [5.74, 6) is 4.21. The molecule has 0 aromatic carbocycles. The third kappa shape index (κ3) is 5.05. The van der Waals surface area contributed by atoms with E-state index in [0.717, 1.165) is 66.5 Å². The molecule has 1 amide bonds. The van der Waals surface area contributed by atoms with Crippen LogP contribution in [0.5, 0.6) is 0 Å². The van der Waals surface area contributed by atoms with Crippen molar-refractivity contribution in [1.82, 2.24) is 14.8 Å². The average Bonchev–Trinajstić information content (AvgIpc) is 3.41. The van der Waals surface area contributed by atoms with Gasteiger partial charge in [-0.1, -0.05) is 18.7 Å². The summed E-state index contributed by atoms with van der Waals surface area (Å²) >= 11 is 2.97. The molecule has 2 aromatic heterocycles. The first-order chi connectivity index (χ1) is 18.4. The number of rotatable bonds is 9. The molecule has 4 fully saturated rings. The summed E-state index contributed by atoms with van der Waals surface area (Å²) in [5.41, 5.74) is 2.04. The van der Waals surface area contributed by atoms with Crippen LogP contribution in [0.3, 0.4) is 0 Å². The van der Waals surface area contributed by atoms with E-state index in [1.54, 1.807) is 0 Å². The number of aromatic nitrogens is 3. The van der Waals surface area contributed by atoms with Crippen molar-refractivity contribution in [1.29, 1.82) is 0 Å². The Hall–Kier alpha value is -1.87. The van der Waals surface area contributed by atoms with E-state index in [0.29, 0.717) is 28.5 Å². The van der Waals surface area contributed by atoms with Crippen LogP contribution in [0.25, 0.3) is 0 Å². The third-order valence-electron chi connectivity index (χ3n) is 9.38. The average molecular weight is 557 g/mol. The maximum Gasteiger partial charge on any atom is 0.341 e. The molecule has 7 nitrogen and oxygen atoms in total. The van der Waals surface area contributed by atoms with Crippen molar-refractivity contribution in [2.24, 2.45) is 29.1 Å². The van der Waals surface area contributed by atoms with Crippen LogP contribution in [0.4, 0.5) is 5.00 Å². The van der Waals surface area contributed by atoms with E-state index in [-0.39, 0.29) is 17.6 Å². The highest BCUT2D eigenvalue weighted by Gasteiger charge is 2.51. The molecule has 0 saturated heterocycles. The normalized spacial score (nSPS) is 29.3. The second kappa shape index (κ2) is 10.6. The van der Waals surface area contributed by atoms with Gasteiger partial charge < -0.3 is 14.6 Å². The zero-order valence-corrected chi connectivity index (χ0v) is 24.5. The number of hydrogen-bond acceptors (Lipinski definition) is 7. The number of thioether (sulfide) groups is 1. The van der Waals surface area contributed by atoms with Gasteiger partial charge in [-0.15, -0.1) is 21.5 Å². The number of thiophene rings is 1. The zero-order valence-electron chi connectivity index (χ0n) is 22.9. The van der Waals surface area contributed by atoms with E-state index < -0.39 is 0 Å². The van der Waals surface area contributed by atoms with Crippen LogP contribution >= 0.6 is 23.1 Å². The monoisotopic (exact) mass is 556 g/mol. The number of esters is 1. The molecule has 4 bridgehead atoms. The first-order valence-electron chi connectivity index (χ1n) is 14.5. The van der Waals surface area contributed by atoms with Crippen LogP contribution in [0, 0.1) is 29.1 Å². The second-order valence-corrected chi connectivity index (χ2v) is 14.4. The number of nitrogens with zero attached hydrogens (tertiary/aromatic N) is 3. The van der Waals surface area contributed by atoms with Gasteiger partial charge in [0.1, 0.15) is 10.8 Å². The summed E-state index contributed by atoms with van der Waals surface area (Å²) in [6.45, 7) is 7.32. The zero-order chi connectivity index (χ0) is 26.4. The maximum absolute atomic E-state index is 13.1. The molecule has 1 atom stereocenters. The van der Waals surface area contributed by atoms with Gasteiger partial charge in [-0.2, -0.15) is 0 Å². The molecule has 0 spiro atoms. The Morgan fingerprint density at radius 2 is 1.84 bits per heavy atom. The fraction of sp³-hybridized carbons (Fsp3) is 0.724. The fourth-order valence-corrected chi connectivity index (χ4v) is 10.5. The molecule has 1 N–H and O–H groups in total. The molecule has 4 saturated carbocycles. The van der Waals surface area contributed by atoms with E-state index in [4.69, 9.17) is 4.74 Å². The lowest BCUT2D eigenvalue weighted by Gasteiger charge is -2.56. The van der Waals surface area contributed by atoms with Gasteiger partial charge >= 0.3 is 5.97 Å². The van der Waals surface area contributed by atoms with Crippen LogP contribution in [0.2, 0.25) is 0 Å². The van der Waals surface area contributed by atoms with Gasteiger partial charge in [0.2, 0.25) is 5.91 Å². The Morgan fingerprint density at radius 3 is 2.50 bits per heavy atom. The van der Waals surface area contributed by atoms with E-state index in [1.165, 1.54) is 66.5 Å². The summed E-state index contributed by atoms with van der Waals surface area (Å²) in [6, 6.07) is 0. The molecule has 2 aromatic rings. The van der Waals surface area contributed by atoms with Crippen molar-refractivity contribution in [2.45, 2.75) is 96.7 Å². The van der Waals surface area contributed by atoms with E-state index >= 15 is 0 Å². The van der Waals surface area contributed by atoms with Crippen molar-refractivity contribution < 1.29 is 14.3 Å². The Labute approximate surface area is 233 Å². The van der Waals surface area contributed by atoms with Gasteiger partial charge in [-0.05, 0) is 106 Å². The Bertz CT molecular complexity index is 1180. The first kappa shape index (κ1) is 26.4. The highest BCUT2D eigenvalue weighted by Crippen LogP contribution is 2.61. The summed E-state index contributed by atoms with van der Waals surface area (Å²) in [4.78, 5) is 27.1. The summed E-state index contributed by atoms with van der Waals surface area (Å²) < 4.78 is 7.57. The molecule has 206 valence electrons. The predicted octanol–water partition coefficient (Wildman–Crippen LogP) is 6.15. The molecule has 38 heavy (non-hydrogen) atoms. The molecule has 2 heterocycles. The number of fused-ring (bicyclic) bond motifs is 1. The largest absolute Gasteiger partial charge is 0.462 e.